The molecular formula is C16H16F2O2. The van der Waals surface area contributed by atoms with Gasteiger partial charge in [-0.3, -0.25) is 0 Å². The molecule has 2 aromatic carbocycles. The number of alkyl halides is 2. The van der Waals surface area contributed by atoms with Gasteiger partial charge in [-0.05, 0) is 30.2 Å². The summed E-state index contributed by atoms with van der Waals surface area (Å²) in [6.45, 7) is 0.678. The molecule has 4 heteroatoms. The minimum Gasteiger partial charge on any atom is -0.484 e. The Bertz CT molecular complexity index is 524. The lowest BCUT2D eigenvalue weighted by Crippen LogP contribution is -2.29. The molecule has 0 atom stereocenters. The average molecular weight is 278 g/mol. The van der Waals surface area contributed by atoms with Crippen molar-refractivity contribution < 1.29 is 18.3 Å². The van der Waals surface area contributed by atoms with E-state index in [0.717, 1.165) is 11.1 Å². The van der Waals surface area contributed by atoms with Gasteiger partial charge in [0.1, 0.15) is 5.75 Å². The van der Waals surface area contributed by atoms with Gasteiger partial charge in [0, 0.05) is 0 Å². The van der Waals surface area contributed by atoms with E-state index in [2.05, 4.69) is 4.74 Å². The Morgan fingerprint density at radius 3 is 2.10 bits per heavy atom. The standard InChI is InChI=1S/C16H16F2O2/c1-2-20-16(17,18)12-19-15-10-8-14(9-11-15)13-6-4-3-5-7-13/h3-11H,2,12H2,1H3. The number of benzene rings is 2. The van der Waals surface area contributed by atoms with Crippen molar-refractivity contribution in [1.29, 1.82) is 0 Å². The summed E-state index contributed by atoms with van der Waals surface area (Å²) in [6, 6.07) is 16.8. The van der Waals surface area contributed by atoms with Crippen molar-refractivity contribution in [2.75, 3.05) is 13.2 Å². The molecule has 0 spiro atoms. The van der Waals surface area contributed by atoms with Crippen LogP contribution in [0.1, 0.15) is 6.92 Å². The molecule has 0 aliphatic rings. The van der Waals surface area contributed by atoms with Gasteiger partial charge in [0.15, 0.2) is 6.61 Å². The first-order chi connectivity index (χ1) is 9.61. The Balaban J connectivity index is 1.99. The SMILES string of the molecule is CCOC(F)(F)COc1ccc(-c2ccccc2)cc1. The first-order valence-corrected chi connectivity index (χ1v) is 6.41. The van der Waals surface area contributed by atoms with Crippen LogP contribution in [0.15, 0.2) is 54.6 Å². The highest BCUT2D eigenvalue weighted by Gasteiger charge is 2.30. The minimum absolute atomic E-state index is 0.0523. The molecule has 0 amide bonds. The molecule has 2 aromatic rings. The van der Waals surface area contributed by atoms with Gasteiger partial charge in [0.2, 0.25) is 0 Å². The molecule has 20 heavy (non-hydrogen) atoms. The molecule has 0 radical (unpaired) electrons. The zero-order valence-corrected chi connectivity index (χ0v) is 11.2. The third kappa shape index (κ3) is 4.03. The zero-order chi connectivity index (χ0) is 14.4. The molecule has 0 fully saturated rings. The summed E-state index contributed by atoms with van der Waals surface area (Å²) in [5, 5.41) is 0. The van der Waals surface area contributed by atoms with Gasteiger partial charge < -0.3 is 9.47 Å². The van der Waals surface area contributed by atoms with Crippen LogP contribution >= 0.6 is 0 Å². The number of ether oxygens (including phenoxy) is 2. The van der Waals surface area contributed by atoms with Crippen molar-refractivity contribution in [3.63, 3.8) is 0 Å². The molecule has 0 aromatic heterocycles. The molecule has 2 nitrogen and oxygen atoms in total. The van der Waals surface area contributed by atoms with E-state index in [9.17, 15) is 8.78 Å². The Hall–Kier alpha value is -1.94. The first kappa shape index (κ1) is 14.5. The van der Waals surface area contributed by atoms with Gasteiger partial charge in [-0.15, -0.1) is 0 Å². The smallest absolute Gasteiger partial charge is 0.389 e. The second-order valence-electron chi connectivity index (χ2n) is 4.25. The number of hydrogen-bond acceptors (Lipinski definition) is 2. The quantitative estimate of drug-likeness (QED) is 0.781. The predicted molar refractivity (Wildman–Crippen MR) is 73.9 cm³/mol. The molecular weight excluding hydrogens is 262 g/mol. The van der Waals surface area contributed by atoms with Crippen LogP contribution in [0.4, 0.5) is 8.78 Å². The third-order valence-electron chi connectivity index (χ3n) is 2.72. The van der Waals surface area contributed by atoms with E-state index in [1.54, 1.807) is 12.1 Å². The largest absolute Gasteiger partial charge is 0.484 e. The second-order valence-corrected chi connectivity index (χ2v) is 4.25. The molecule has 0 unspecified atom stereocenters. The van der Waals surface area contributed by atoms with Gasteiger partial charge in [-0.2, -0.15) is 8.78 Å². The first-order valence-electron chi connectivity index (χ1n) is 6.41. The van der Waals surface area contributed by atoms with E-state index in [4.69, 9.17) is 4.74 Å². The second kappa shape index (κ2) is 6.48. The minimum atomic E-state index is -3.26. The Morgan fingerprint density at radius 1 is 0.900 bits per heavy atom. The maximum absolute atomic E-state index is 13.1. The monoisotopic (exact) mass is 278 g/mol. The summed E-state index contributed by atoms with van der Waals surface area (Å²) in [7, 11) is 0. The maximum atomic E-state index is 13.1. The number of halogens is 2. The van der Waals surface area contributed by atoms with Crippen molar-refractivity contribution in [2.24, 2.45) is 0 Å². The summed E-state index contributed by atoms with van der Waals surface area (Å²) in [5.41, 5.74) is 2.08. The fraction of sp³-hybridized carbons (Fsp3) is 0.250. The normalized spacial score (nSPS) is 11.3. The summed E-state index contributed by atoms with van der Waals surface area (Å²) in [4.78, 5) is 0. The highest BCUT2D eigenvalue weighted by molar-refractivity contribution is 5.63. The van der Waals surface area contributed by atoms with Gasteiger partial charge in [0.25, 0.3) is 0 Å². The van der Waals surface area contributed by atoms with Crippen molar-refractivity contribution in [3.05, 3.63) is 54.6 Å². The van der Waals surface area contributed by atoms with E-state index in [1.165, 1.54) is 6.92 Å². The predicted octanol–water partition coefficient (Wildman–Crippen LogP) is 4.36. The zero-order valence-electron chi connectivity index (χ0n) is 11.2. The molecule has 2 rings (SSSR count). The van der Waals surface area contributed by atoms with Crippen LogP contribution in [-0.4, -0.2) is 19.3 Å². The number of rotatable bonds is 6. The van der Waals surface area contributed by atoms with Crippen LogP contribution in [0.25, 0.3) is 11.1 Å². The molecule has 0 saturated carbocycles. The van der Waals surface area contributed by atoms with Gasteiger partial charge in [-0.25, -0.2) is 0 Å². The van der Waals surface area contributed by atoms with Gasteiger partial charge in [0.05, 0.1) is 6.61 Å². The Kier molecular flexibility index (Phi) is 4.69. The topological polar surface area (TPSA) is 18.5 Å². The Labute approximate surface area is 117 Å². The van der Waals surface area contributed by atoms with E-state index in [0.29, 0.717) is 5.75 Å². The molecule has 0 aliphatic heterocycles. The average Bonchev–Trinajstić information content (AvgIpc) is 2.47. The van der Waals surface area contributed by atoms with Crippen molar-refractivity contribution in [2.45, 2.75) is 13.0 Å². The lowest BCUT2D eigenvalue weighted by Gasteiger charge is -2.16. The van der Waals surface area contributed by atoms with E-state index in [-0.39, 0.29) is 6.61 Å². The number of hydrogen-bond donors (Lipinski definition) is 0. The van der Waals surface area contributed by atoms with Crippen LogP contribution in [0, 0.1) is 0 Å². The van der Waals surface area contributed by atoms with Crippen LogP contribution < -0.4 is 4.74 Å². The maximum Gasteiger partial charge on any atom is 0.389 e. The molecule has 0 bridgehead atoms. The molecule has 106 valence electrons. The highest BCUT2D eigenvalue weighted by Crippen LogP contribution is 2.23. The molecule has 0 N–H and O–H groups in total. The van der Waals surface area contributed by atoms with Crippen LogP contribution in [-0.2, 0) is 4.74 Å². The lowest BCUT2D eigenvalue weighted by molar-refractivity contribution is -0.250. The van der Waals surface area contributed by atoms with Crippen LogP contribution in [0.5, 0.6) is 5.75 Å². The highest BCUT2D eigenvalue weighted by atomic mass is 19.3. The summed E-state index contributed by atoms with van der Waals surface area (Å²) in [5.74, 6) is 0.393. The van der Waals surface area contributed by atoms with Crippen molar-refractivity contribution >= 4 is 0 Å². The van der Waals surface area contributed by atoms with Crippen molar-refractivity contribution in [1.82, 2.24) is 0 Å². The van der Waals surface area contributed by atoms with E-state index >= 15 is 0 Å². The molecule has 0 saturated heterocycles. The third-order valence-corrected chi connectivity index (χ3v) is 2.72. The van der Waals surface area contributed by atoms with Crippen LogP contribution in [0.2, 0.25) is 0 Å². The fourth-order valence-corrected chi connectivity index (χ4v) is 1.79. The van der Waals surface area contributed by atoms with E-state index < -0.39 is 12.7 Å². The lowest BCUT2D eigenvalue weighted by atomic mass is 10.1. The van der Waals surface area contributed by atoms with Crippen molar-refractivity contribution in [3.8, 4) is 16.9 Å². The Morgan fingerprint density at radius 2 is 1.50 bits per heavy atom. The van der Waals surface area contributed by atoms with E-state index in [1.807, 2.05) is 42.5 Å². The molecule has 0 heterocycles. The summed E-state index contributed by atoms with van der Waals surface area (Å²) < 4.78 is 35.5. The van der Waals surface area contributed by atoms with Gasteiger partial charge in [-0.1, -0.05) is 42.5 Å². The van der Waals surface area contributed by atoms with Gasteiger partial charge >= 0.3 is 6.11 Å². The molecule has 0 aliphatic carbocycles. The fourth-order valence-electron chi connectivity index (χ4n) is 1.79. The van der Waals surface area contributed by atoms with Crippen LogP contribution in [0.3, 0.4) is 0 Å². The summed E-state index contributed by atoms with van der Waals surface area (Å²) in [6.07, 6.45) is -3.26. The summed E-state index contributed by atoms with van der Waals surface area (Å²) >= 11 is 0.